The van der Waals surface area contributed by atoms with E-state index in [1.807, 2.05) is 49.4 Å². The number of rotatable bonds is 2. The van der Waals surface area contributed by atoms with Crippen LogP contribution in [0.3, 0.4) is 0 Å². The van der Waals surface area contributed by atoms with Gasteiger partial charge in [0.15, 0.2) is 0 Å². The number of aryl methyl sites for hydroxylation is 1. The molecule has 2 aromatic carbocycles. The molecular weight excluding hydrogens is 330 g/mol. The van der Waals surface area contributed by atoms with Gasteiger partial charge in [-0.3, -0.25) is 4.79 Å². The molecule has 4 rings (SSSR count). The van der Waals surface area contributed by atoms with Crippen molar-refractivity contribution in [1.82, 2.24) is 4.90 Å². The van der Waals surface area contributed by atoms with Gasteiger partial charge in [0.1, 0.15) is 5.75 Å². The lowest BCUT2D eigenvalue weighted by molar-refractivity contribution is -0.120. The van der Waals surface area contributed by atoms with Crippen LogP contribution in [0.15, 0.2) is 42.5 Å². The van der Waals surface area contributed by atoms with Gasteiger partial charge in [0.05, 0.1) is 12.5 Å². The van der Waals surface area contributed by atoms with E-state index in [2.05, 4.69) is 10.6 Å². The summed E-state index contributed by atoms with van der Waals surface area (Å²) in [6.07, 6.45) is 0.598. The Hall–Kier alpha value is -3.02. The number of hydrogen-bond acceptors (Lipinski definition) is 3. The van der Waals surface area contributed by atoms with Gasteiger partial charge in [-0.1, -0.05) is 17.7 Å². The number of nitrogens with one attached hydrogen (secondary N) is 2. The molecule has 0 bridgehead atoms. The van der Waals surface area contributed by atoms with Crippen LogP contribution in [0.2, 0.25) is 0 Å². The Balaban J connectivity index is 1.55. The first-order chi connectivity index (χ1) is 12.5. The summed E-state index contributed by atoms with van der Waals surface area (Å²) in [6.45, 7) is 2.89. The lowest BCUT2D eigenvalue weighted by Crippen LogP contribution is -2.40. The van der Waals surface area contributed by atoms with Crippen LogP contribution in [0.25, 0.3) is 0 Å². The van der Waals surface area contributed by atoms with Crippen molar-refractivity contribution in [2.24, 2.45) is 0 Å². The quantitative estimate of drug-likeness (QED) is 0.873. The fourth-order valence-corrected chi connectivity index (χ4v) is 3.75. The molecule has 2 aliphatic rings. The SMILES string of the molecule is COc1ccc2c(c1)[C@@]1(CCN(C(=O)Nc3ccc(C)cc3)C1)C(=O)N2. The predicted octanol–water partition coefficient (Wildman–Crippen LogP) is 3.13. The second kappa shape index (κ2) is 6.05. The van der Waals surface area contributed by atoms with E-state index in [0.29, 0.717) is 25.3 Å². The number of ether oxygens (including phenoxy) is 1. The summed E-state index contributed by atoms with van der Waals surface area (Å²) in [5.74, 6) is 0.661. The van der Waals surface area contributed by atoms with Gasteiger partial charge in [-0.05, 0) is 49.2 Å². The maximum Gasteiger partial charge on any atom is 0.321 e. The fourth-order valence-electron chi connectivity index (χ4n) is 3.75. The van der Waals surface area contributed by atoms with E-state index in [0.717, 1.165) is 22.5 Å². The van der Waals surface area contributed by atoms with Crippen molar-refractivity contribution >= 4 is 23.3 Å². The summed E-state index contributed by atoms with van der Waals surface area (Å²) < 4.78 is 5.31. The molecular formula is C20H21N3O3. The molecule has 0 saturated carbocycles. The molecule has 2 aromatic rings. The lowest BCUT2D eigenvalue weighted by atomic mass is 9.81. The Morgan fingerprint density at radius 2 is 2.00 bits per heavy atom. The fraction of sp³-hybridized carbons (Fsp3) is 0.300. The zero-order chi connectivity index (χ0) is 18.3. The number of nitrogens with zero attached hydrogens (tertiary/aromatic N) is 1. The number of amides is 3. The Bertz CT molecular complexity index is 878. The molecule has 6 heteroatoms. The van der Waals surface area contributed by atoms with Crippen LogP contribution in [0, 0.1) is 6.92 Å². The van der Waals surface area contributed by atoms with Crippen LogP contribution >= 0.6 is 0 Å². The minimum Gasteiger partial charge on any atom is -0.497 e. The molecule has 2 N–H and O–H groups in total. The first-order valence-electron chi connectivity index (χ1n) is 8.64. The van der Waals surface area contributed by atoms with Crippen molar-refractivity contribution in [3.63, 3.8) is 0 Å². The van der Waals surface area contributed by atoms with Crippen molar-refractivity contribution in [3.05, 3.63) is 53.6 Å². The molecule has 0 radical (unpaired) electrons. The van der Waals surface area contributed by atoms with Crippen molar-refractivity contribution in [1.29, 1.82) is 0 Å². The van der Waals surface area contributed by atoms with Gasteiger partial charge in [0, 0.05) is 24.5 Å². The average Bonchev–Trinajstić information content (AvgIpc) is 3.20. The molecule has 1 saturated heterocycles. The molecule has 3 amide bonds. The van der Waals surface area contributed by atoms with Crippen LogP contribution in [0.4, 0.5) is 16.2 Å². The summed E-state index contributed by atoms with van der Waals surface area (Å²) in [7, 11) is 1.61. The van der Waals surface area contributed by atoms with Gasteiger partial charge in [-0.2, -0.15) is 0 Å². The summed E-state index contributed by atoms with van der Waals surface area (Å²) in [5.41, 5.74) is 2.90. The first-order valence-corrected chi connectivity index (χ1v) is 8.64. The highest BCUT2D eigenvalue weighted by Gasteiger charge is 2.52. The molecule has 0 aliphatic carbocycles. The number of fused-ring (bicyclic) bond motifs is 2. The minimum atomic E-state index is -0.700. The van der Waals surface area contributed by atoms with E-state index in [9.17, 15) is 9.59 Å². The van der Waals surface area contributed by atoms with Crippen molar-refractivity contribution in [3.8, 4) is 5.75 Å². The number of carbonyl (C=O) groups is 2. The minimum absolute atomic E-state index is 0.0496. The standard InChI is InChI=1S/C20H21N3O3/c1-13-3-5-14(6-4-13)21-19(25)23-10-9-20(12-23)16-11-15(26-2)7-8-17(16)22-18(20)24/h3-8,11H,9-10,12H2,1-2H3,(H,21,25)(H,22,24)/t20-/m0/s1. The van der Waals surface area contributed by atoms with Crippen molar-refractivity contribution in [2.75, 3.05) is 30.8 Å². The van der Waals surface area contributed by atoms with Crippen molar-refractivity contribution < 1.29 is 14.3 Å². The van der Waals surface area contributed by atoms with Crippen LogP contribution in [0.1, 0.15) is 17.5 Å². The highest BCUT2D eigenvalue weighted by molar-refractivity contribution is 6.07. The van der Waals surface area contributed by atoms with E-state index in [1.165, 1.54) is 0 Å². The van der Waals surface area contributed by atoms with E-state index in [1.54, 1.807) is 12.0 Å². The molecule has 6 nitrogen and oxygen atoms in total. The Labute approximate surface area is 152 Å². The van der Waals surface area contributed by atoms with E-state index in [4.69, 9.17) is 4.74 Å². The maximum absolute atomic E-state index is 12.7. The zero-order valence-corrected chi connectivity index (χ0v) is 14.8. The van der Waals surface area contributed by atoms with Crippen LogP contribution in [-0.4, -0.2) is 37.0 Å². The third-order valence-corrected chi connectivity index (χ3v) is 5.28. The molecule has 0 unspecified atom stereocenters. The van der Waals surface area contributed by atoms with E-state index < -0.39 is 5.41 Å². The number of anilines is 2. The molecule has 1 atom stereocenters. The molecule has 134 valence electrons. The molecule has 26 heavy (non-hydrogen) atoms. The summed E-state index contributed by atoms with van der Waals surface area (Å²) >= 11 is 0. The summed E-state index contributed by atoms with van der Waals surface area (Å²) in [5, 5.41) is 5.85. The topological polar surface area (TPSA) is 70.7 Å². The number of hydrogen-bond donors (Lipinski definition) is 2. The van der Waals surface area contributed by atoms with Gasteiger partial charge in [0.25, 0.3) is 0 Å². The van der Waals surface area contributed by atoms with Crippen molar-refractivity contribution in [2.45, 2.75) is 18.8 Å². The van der Waals surface area contributed by atoms with Gasteiger partial charge in [-0.25, -0.2) is 4.79 Å². The van der Waals surface area contributed by atoms with Gasteiger partial charge in [-0.15, -0.1) is 0 Å². The third kappa shape index (κ3) is 2.58. The Morgan fingerprint density at radius 3 is 2.73 bits per heavy atom. The predicted molar refractivity (Wildman–Crippen MR) is 99.7 cm³/mol. The summed E-state index contributed by atoms with van der Waals surface area (Å²) in [6, 6.07) is 13.1. The molecule has 2 aliphatic heterocycles. The summed E-state index contributed by atoms with van der Waals surface area (Å²) in [4.78, 5) is 27.1. The number of methoxy groups -OCH3 is 1. The number of urea groups is 1. The highest BCUT2D eigenvalue weighted by atomic mass is 16.5. The van der Waals surface area contributed by atoms with E-state index in [-0.39, 0.29) is 11.9 Å². The molecule has 2 heterocycles. The second-order valence-corrected chi connectivity index (χ2v) is 6.92. The monoisotopic (exact) mass is 351 g/mol. The number of benzene rings is 2. The zero-order valence-electron chi connectivity index (χ0n) is 14.8. The average molecular weight is 351 g/mol. The van der Waals surface area contributed by atoms with Gasteiger partial charge < -0.3 is 20.3 Å². The van der Waals surface area contributed by atoms with Gasteiger partial charge in [0.2, 0.25) is 5.91 Å². The maximum atomic E-state index is 12.7. The number of carbonyl (C=O) groups excluding carboxylic acids is 2. The molecule has 1 fully saturated rings. The largest absolute Gasteiger partial charge is 0.497 e. The van der Waals surface area contributed by atoms with E-state index >= 15 is 0 Å². The first kappa shape index (κ1) is 16.4. The smallest absolute Gasteiger partial charge is 0.321 e. The normalized spacial score (nSPS) is 20.8. The Kier molecular flexibility index (Phi) is 3.83. The van der Waals surface area contributed by atoms with Crippen LogP contribution < -0.4 is 15.4 Å². The lowest BCUT2D eigenvalue weighted by Gasteiger charge is -2.23. The third-order valence-electron chi connectivity index (χ3n) is 5.28. The molecule has 0 aromatic heterocycles. The van der Waals surface area contributed by atoms with Crippen LogP contribution in [-0.2, 0) is 10.2 Å². The molecule has 1 spiro atoms. The highest BCUT2D eigenvalue weighted by Crippen LogP contribution is 2.45. The van der Waals surface area contributed by atoms with Gasteiger partial charge >= 0.3 is 6.03 Å². The second-order valence-electron chi connectivity index (χ2n) is 6.92. The Morgan fingerprint density at radius 1 is 1.23 bits per heavy atom. The van der Waals surface area contributed by atoms with Crippen LogP contribution in [0.5, 0.6) is 5.75 Å². The number of likely N-dealkylation sites (tertiary alicyclic amines) is 1.